The van der Waals surface area contributed by atoms with Gasteiger partial charge in [0.05, 0.1) is 26.2 Å². The van der Waals surface area contributed by atoms with Gasteiger partial charge in [0.25, 0.3) is 0 Å². The molecule has 4 bridgehead atoms. The van der Waals surface area contributed by atoms with Crippen molar-refractivity contribution in [3.05, 3.63) is 47.0 Å². The maximum absolute atomic E-state index is 13.2. The first-order chi connectivity index (χ1) is 16.6. The van der Waals surface area contributed by atoms with Gasteiger partial charge in [0, 0.05) is 30.0 Å². The fourth-order valence-electron chi connectivity index (χ4n) is 10.4. The summed E-state index contributed by atoms with van der Waals surface area (Å²) < 4.78 is 12.1. The van der Waals surface area contributed by atoms with Gasteiger partial charge in [-0.25, -0.2) is 0 Å². The van der Waals surface area contributed by atoms with Crippen LogP contribution >= 0.6 is 0 Å². The van der Waals surface area contributed by atoms with E-state index in [0.29, 0.717) is 24.5 Å². The minimum absolute atomic E-state index is 0.0390. The molecule has 1 aromatic carbocycles. The highest BCUT2D eigenvalue weighted by Gasteiger charge is 2.75. The van der Waals surface area contributed by atoms with E-state index in [2.05, 4.69) is 42.2 Å². The third-order valence-electron chi connectivity index (χ3n) is 11.4. The lowest BCUT2D eigenvalue weighted by Gasteiger charge is -2.66. The molecule has 6 aliphatic rings. The molecule has 1 spiro atoms. The van der Waals surface area contributed by atoms with E-state index in [1.807, 2.05) is 0 Å². The zero-order valence-electron chi connectivity index (χ0n) is 20.8. The molecule has 2 saturated heterocycles. The maximum atomic E-state index is 13.2. The van der Waals surface area contributed by atoms with Gasteiger partial charge in [-0.15, -0.1) is 0 Å². The second-order valence-electron chi connectivity index (χ2n) is 12.4. The van der Waals surface area contributed by atoms with Gasteiger partial charge in [-0.1, -0.05) is 48.4 Å². The number of nitrogens with zero attached hydrogens (tertiary/aromatic N) is 1. The summed E-state index contributed by atoms with van der Waals surface area (Å²) in [6, 6.07) is 11.2. The summed E-state index contributed by atoms with van der Waals surface area (Å²) in [6.07, 6.45) is 8.49. The molecule has 8 atom stereocenters. The van der Waals surface area contributed by atoms with E-state index in [-0.39, 0.29) is 22.7 Å². The summed E-state index contributed by atoms with van der Waals surface area (Å²) in [6.45, 7) is 6.50. The zero-order chi connectivity index (χ0) is 23.1. The quantitative estimate of drug-likeness (QED) is 0.445. The van der Waals surface area contributed by atoms with Crippen molar-refractivity contribution in [2.45, 2.75) is 64.5 Å². The molecule has 1 aromatic rings. The van der Waals surface area contributed by atoms with Crippen LogP contribution in [0, 0.1) is 40.4 Å². The van der Waals surface area contributed by atoms with Crippen LogP contribution in [-0.4, -0.2) is 43.7 Å². The van der Waals surface area contributed by atoms with Crippen molar-refractivity contribution in [2.24, 2.45) is 40.4 Å². The number of carbonyl (C=O) groups is 1. The Morgan fingerprint density at radius 1 is 1.12 bits per heavy atom. The largest absolute Gasteiger partial charge is 0.469 e. The molecule has 2 unspecified atom stereocenters. The first-order valence-corrected chi connectivity index (χ1v) is 13.7. The number of carbonyl (C=O) groups excluding carboxylic acids is 1. The van der Waals surface area contributed by atoms with Crippen molar-refractivity contribution in [1.29, 1.82) is 0 Å². The van der Waals surface area contributed by atoms with Crippen LogP contribution in [0.3, 0.4) is 0 Å². The van der Waals surface area contributed by atoms with Gasteiger partial charge in [0.2, 0.25) is 0 Å². The van der Waals surface area contributed by atoms with Gasteiger partial charge in [0.15, 0.2) is 0 Å². The van der Waals surface area contributed by atoms with E-state index >= 15 is 0 Å². The van der Waals surface area contributed by atoms with Crippen LogP contribution in [0.2, 0.25) is 0 Å². The Morgan fingerprint density at radius 3 is 2.76 bits per heavy atom. The van der Waals surface area contributed by atoms with Gasteiger partial charge in [-0.2, -0.15) is 0 Å². The molecule has 0 amide bonds. The summed E-state index contributed by atoms with van der Waals surface area (Å²) >= 11 is 0. The van der Waals surface area contributed by atoms with E-state index in [4.69, 9.17) is 9.47 Å². The van der Waals surface area contributed by atoms with E-state index in [1.54, 1.807) is 18.3 Å². The summed E-state index contributed by atoms with van der Waals surface area (Å²) in [7, 11) is 1.59. The Morgan fingerprint density at radius 2 is 1.94 bits per heavy atom. The molecule has 0 aromatic heterocycles. The molecule has 2 aliphatic heterocycles. The number of hydrogen-bond donors (Lipinski definition) is 0. The van der Waals surface area contributed by atoms with Crippen LogP contribution in [0.25, 0.3) is 0 Å². The van der Waals surface area contributed by atoms with E-state index < -0.39 is 0 Å². The van der Waals surface area contributed by atoms with Crippen LogP contribution in [0.5, 0.6) is 0 Å². The molecular formula is C30H39NO3. The van der Waals surface area contributed by atoms with Gasteiger partial charge in [-0.3, -0.25) is 9.69 Å². The highest BCUT2D eigenvalue weighted by atomic mass is 16.5. The fourth-order valence-corrected chi connectivity index (χ4v) is 10.4. The average Bonchev–Trinajstić information content (AvgIpc) is 3.50. The molecule has 2 heterocycles. The van der Waals surface area contributed by atoms with Crippen LogP contribution in [0.15, 0.2) is 41.5 Å². The van der Waals surface area contributed by atoms with Crippen LogP contribution < -0.4 is 0 Å². The molecule has 34 heavy (non-hydrogen) atoms. The molecule has 0 N–H and O–H groups in total. The van der Waals surface area contributed by atoms with Crippen molar-refractivity contribution in [1.82, 2.24) is 4.90 Å². The van der Waals surface area contributed by atoms with Crippen LogP contribution in [0.4, 0.5) is 0 Å². The predicted octanol–water partition coefficient (Wildman–Crippen LogP) is 5.23. The van der Waals surface area contributed by atoms with Crippen molar-refractivity contribution < 1.29 is 14.3 Å². The number of benzene rings is 1. The molecule has 0 radical (unpaired) electrons. The van der Waals surface area contributed by atoms with E-state index in [1.165, 1.54) is 50.8 Å². The van der Waals surface area contributed by atoms with Crippen LogP contribution in [0.1, 0.15) is 57.4 Å². The first kappa shape index (κ1) is 21.6. The third kappa shape index (κ3) is 2.65. The highest BCUT2D eigenvalue weighted by Crippen LogP contribution is 2.76. The van der Waals surface area contributed by atoms with Crippen molar-refractivity contribution in [3.8, 4) is 0 Å². The number of hydrogen-bond acceptors (Lipinski definition) is 4. The number of allylic oxidation sites excluding steroid dienone is 1. The standard InChI is InChI=1S/C30H39NO3/c1-19-15-31-16-22-10-8-21-9-11-24-25(28(32)33-2)14-30(26(21)24)27(31)23(19)12-13-29(22,30)18-34-17-20-6-4-3-5-7-20/h3-7,19,22-25,27H,8-18H2,1-2H3/t19-,22-,23?,24-,25-,27+,29?,30+/m1/s1. The second kappa shape index (κ2) is 7.67. The normalized spacial score (nSPS) is 44.2. The second-order valence-corrected chi connectivity index (χ2v) is 12.4. The van der Waals surface area contributed by atoms with Crippen molar-refractivity contribution in [3.63, 3.8) is 0 Å². The van der Waals surface area contributed by atoms with Crippen molar-refractivity contribution in [2.75, 3.05) is 26.8 Å². The SMILES string of the molecule is COC(=O)[C@@H]1C[C@@]23C4=C(CC[C@@H]5CN6C[C@@H](C)C(CCC52COCc2ccccc2)[C@H]63)CC[C@@H]41. The summed E-state index contributed by atoms with van der Waals surface area (Å²) in [5.41, 5.74) is 4.99. The lowest BCUT2D eigenvalue weighted by molar-refractivity contribution is -0.183. The predicted molar refractivity (Wildman–Crippen MR) is 131 cm³/mol. The van der Waals surface area contributed by atoms with Gasteiger partial charge < -0.3 is 9.47 Å². The van der Waals surface area contributed by atoms with E-state index in [9.17, 15) is 4.79 Å². The topological polar surface area (TPSA) is 38.8 Å². The molecule has 4 aliphatic carbocycles. The maximum Gasteiger partial charge on any atom is 0.309 e. The Hall–Kier alpha value is -1.65. The van der Waals surface area contributed by atoms with Gasteiger partial charge in [-0.05, 0) is 74.2 Å². The molecular weight excluding hydrogens is 422 g/mol. The minimum Gasteiger partial charge on any atom is -0.469 e. The smallest absolute Gasteiger partial charge is 0.309 e. The van der Waals surface area contributed by atoms with E-state index in [0.717, 1.165) is 31.3 Å². The summed E-state index contributed by atoms with van der Waals surface area (Å²) in [5.74, 6) is 2.66. The monoisotopic (exact) mass is 461 g/mol. The molecule has 2 saturated carbocycles. The Labute approximate surface area is 204 Å². The number of esters is 1. The number of methoxy groups -OCH3 is 1. The highest BCUT2D eigenvalue weighted by molar-refractivity contribution is 5.75. The lowest BCUT2D eigenvalue weighted by Crippen LogP contribution is -2.68. The Kier molecular flexibility index (Phi) is 4.88. The molecule has 7 rings (SSSR count). The molecule has 182 valence electrons. The zero-order valence-corrected chi connectivity index (χ0v) is 20.8. The molecule has 4 heteroatoms. The molecule has 4 fully saturated rings. The average molecular weight is 462 g/mol. The van der Waals surface area contributed by atoms with Gasteiger partial charge >= 0.3 is 5.97 Å². The summed E-state index contributed by atoms with van der Waals surface area (Å²) in [4.78, 5) is 16.1. The Bertz CT molecular complexity index is 1020. The van der Waals surface area contributed by atoms with Crippen molar-refractivity contribution >= 4 is 5.97 Å². The van der Waals surface area contributed by atoms with Gasteiger partial charge in [0.1, 0.15) is 0 Å². The summed E-state index contributed by atoms with van der Waals surface area (Å²) in [5, 5.41) is 0. The third-order valence-corrected chi connectivity index (χ3v) is 11.4. The molecule has 4 nitrogen and oxygen atoms in total. The first-order valence-electron chi connectivity index (χ1n) is 13.7. The number of piperidine rings is 1. The minimum atomic E-state index is 0.0390. The number of ether oxygens (including phenoxy) is 2. The van der Waals surface area contributed by atoms with Crippen LogP contribution in [-0.2, 0) is 20.9 Å². The number of rotatable bonds is 5. The Balaban J connectivity index is 1.35. The fraction of sp³-hybridized carbons (Fsp3) is 0.700. The lowest BCUT2D eigenvalue weighted by atomic mass is 9.43.